The van der Waals surface area contributed by atoms with Gasteiger partial charge in [-0.3, -0.25) is 4.79 Å². The number of rotatable bonds is 6. The average molecular weight is 299 g/mol. The molecule has 0 radical (unpaired) electrons. The molecule has 1 atom stereocenters. The number of hydrogen-bond acceptors (Lipinski definition) is 3. The molecule has 0 fully saturated rings. The number of nitrogens with one attached hydrogen (secondary N) is 1. The second-order valence-electron chi connectivity index (χ2n) is 4.89. The molecule has 0 aliphatic carbocycles. The van der Waals surface area contributed by atoms with Crippen molar-refractivity contribution in [2.24, 2.45) is 0 Å². The first kappa shape index (κ1) is 15.7. The van der Waals surface area contributed by atoms with Crippen molar-refractivity contribution in [3.63, 3.8) is 0 Å². The monoisotopic (exact) mass is 299 g/mol. The van der Waals surface area contributed by atoms with E-state index in [2.05, 4.69) is 5.32 Å². The van der Waals surface area contributed by atoms with Gasteiger partial charge in [0.05, 0.1) is 23.8 Å². The number of aliphatic hydroxyl groups excluding tert-OH is 1. The third kappa shape index (κ3) is 3.93. The van der Waals surface area contributed by atoms with Crippen LogP contribution in [0.3, 0.4) is 0 Å². The molecular formula is C17H17NO4. The summed E-state index contributed by atoms with van der Waals surface area (Å²) in [5.41, 5.74) is 1.01. The third-order valence-electron chi connectivity index (χ3n) is 3.28. The number of carboxylic acid groups (broad SMARTS) is 1. The molecule has 0 spiro atoms. The highest BCUT2D eigenvalue weighted by atomic mass is 16.4. The highest BCUT2D eigenvalue weighted by molar-refractivity contribution is 6.04. The fraction of sp³-hybridized carbons (Fsp3) is 0.176. The van der Waals surface area contributed by atoms with Gasteiger partial charge in [0.25, 0.3) is 5.91 Å². The number of amides is 1. The molecule has 0 heterocycles. The Labute approximate surface area is 128 Å². The highest BCUT2D eigenvalue weighted by Gasteiger charge is 2.18. The lowest BCUT2D eigenvalue weighted by Gasteiger charge is -2.17. The lowest BCUT2D eigenvalue weighted by Crippen LogP contribution is -2.39. The molecule has 2 rings (SSSR count). The van der Waals surface area contributed by atoms with Gasteiger partial charge in [0, 0.05) is 0 Å². The molecule has 0 aliphatic rings. The maximum absolute atomic E-state index is 12.2. The summed E-state index contributed by atoms with van der Waals surface area (Å²) >= 11 is 0. The molecule has 22 heavy (non-hydrogen) atoms. The van der Waals surface area contributed by atoms with E-state index in [1.54, 1.807) is 12.1 Å². The van der Waals surface area contributed by atoms with E-state index in [0.29, 0.717) is 6.42 Å². The summed E-state index contributed by atoms with van der Waals surface area (Å²) in [6, 6.07) is 15.0. The fourth-order valence-electron chi connectivity index (χ4n) is 2.19. The Morgan fingerprint density at radius 1 is 0.955 bits per heavy atom. The zero-order valence-corrected chi connectivity index (χ0v) is 11.9. The molecule has 5 nitrogen and oxygen atoms in total. The Morgan fingerprint density at radius 3 is 2.14 bits per heavy atom. The standard InChI is InChI=1S/C17H17NO4/c19-11-13(10-12-6-2-1-3-7-12)18-16(20)14-8-4-5-9-15(14)17(21)22/h1-9,13,19H,10-11H2,(H,18,20)(H,21,22)/t13-/m1/s1. The molecule has 0 saturated heterocycles. The van der Waals surface area contributed by atoms with Gasteiger partial charge in [0.2, 0.25) is 0 Å². The lowest BCUT2D eigenvalue weighted by molar-refractivity contribution is 0.0690. The van der Waals surface area contributed by atoms with Crippen LogP contribution in [0, 0.1) is 0 Å². The maximum Gasteiger partial charge on any atom is 0.336 e. The first-order chi connectivity index (χ1) is 10.6. The predicted octanol–water partition coefficient (Wildman–Crippen LogP) is 1.72. The number of aromatic carboxylic acids is 1. The van der Waals surface area contributed by atoms with Gasteiger partial charge in [-0.25, -0.2) is 4.79 Å². The van der Waals surface area contributed by atoms with E-state index in [-0.39, 0.29) is 17.7 Å². The number of benzene rings is 2. The minimum Gasteiger partial charge on any atom is -0.478 e. The van der Waals surface area contributed by atoms with Gasteiger partial charge < -0.3 is 15.5 Å². The molecule has 2 aromatic carbocycles. The number of hydrogen-bond donors (Lipinski definition) is 3. The minimum atomic E-state index is -1.16. The van der Waals surface area contributed by atoms with Crippen LogP contribution in [0.15, 0.2) is 54.6 Å². The molecular weight excluding hydrogens is 282 g/mol. The normalized spacial score (nSPS) is 11.7. The summed E-state index contributed by atoms with van der Waals surface area (Å²) in [7, 11) is 0. The Bertz CT molecular complexity index is 655. The van der Waals surface area contributed by atoms with Crippen molar-refractivity contribution >= 4 is 11.9 Å². The summed E-state index contributed by atoms with van der Waals surface area (Å²) in [6.45, 7) is -0.226. The van der Waals surface area contributed by atoms with E-state index in [9.17, 15) is 14.7 Å². The van der Waals surface area contributed by atoms with Crippen molar-refractivity contribution in [2.75, 3.05) is 6.61 Å². The molecule has 2 aromatic rings. The average Bonchev–Trinajstić information content (AvgIpc) is 2.55. The van der Waals surface area contributed by atoms with E-state index in [0.717, 1.165) is 5.56 Å². The van der Waals surface area contributed by atoms with Crippen LogP contribution in [-0.4, -0.2) is 34.7 Å². The van der Waals surface area contributed by atoms with Crippen LogP contribution < -0.4 is 5.32 Å². The lowest BCUT2D eigenvalue weighted by atomic mass is 10.0. The van der Waals surface area contributed by atoms with Crippen molar-refractivity contribution in [1.29, 1.82) is 0 Å². The second-order valence-corrected chi connectivity index (χ2v) is 4.89. The van der Waals surface area contributed by atoms with Crippen molar-refractivity contribution in [3.05, 3.63) is 71.3 Å². The molecule has 3 N–H and O–H groups in total. The number of aliphatic hydroxyl groups is 1. The Kier molecular flexibility index (Phi) is 5.27. The maximum atomic E-state index is 12.2. The zero-order valence-electron chi connectivity index (χ0n) is 11.9. The Morgan fingerprint density at radius 2 is 1.55 bits per heavy atom. The first-order valence-electron chi connectivity index (χ1n) is 6.89. The van der Waals surface area contributed by atoms with Gasteiger partial charge in [0.15, 0.2) is 0 Å². The van der Waals surface area contributed by atoms with Gasteiger partial charge in [-0.1, -0.05) is 42.5 Å². The smallest absolute Gasteiger partial charge is 0.336 e. The highest BCUT2D eigenvalue weighted by Crippen LogP contribution is 2.10. The summed E-state index contributed by atoms with van der Waals surface area (Å²) in [4.78, 5) is 23.4. The van der Waals surface area contributed by atoms with E-state index < -0.39 is 17.9 Å². The van der Waals surface area contributed by atoms with Gasteiger partial charge >= 0.3 is 5.97 Å². The van der Waals surface area contributed by atoms with E-state index in [1.807, 2.05) is 30.3 Å². The summed E-state index contributed by atoms with van der Waals surface area (Å²) < 4.78 is 0. The second kappa shape index (κ2) is 7.38. The third-order valence-corrected chi connectivity index (χ3v) is 3.28. The first-order valence-corrected chi connectivity index (χ1v) is 6.89. The number of carbonyl (C=O) groups is 2. The van der Waals surface area contributed by atoms with Crippen LogP contribution in [0.2, 0.25) is 0 Å². The van der Waals surface area contributed by atoms with Crippen LogP contribution in [0.5, 0.6) is 0 Å². The van der Waals surface area contributed by atoms with Gasteiger partial charge in [-0.05, 0) is 24.1 Å². The molecule has 0 aliphatic heterocycles. The van der Waals surface area contributed by atoms with Crippen LogP contribution in [0.4, 0.5) is 0 Å². The predicted molar refractivity (Wildman–Crippen MR) is 81.9 cm³/mol. The molecule has 1 amide bonds. The molecule has 5 heteroatoms. The quantitative estimate of drug-likeness (QED) is 0.758. The van der Waals surface area contributed by atoms with Gasteiger partial charge in [-0.2, -0.15) is 0 Å². The van der Waals surface area contributed by atoms with Crippen molar-refractivity contribution in [1.82, 2.24) is 5.32 Å². The summed E-state index contributed by atoms with van der Waals surface area (Å²) in [5.74, 6) is -1.66. The van der Waals surface area contributed by atoms with E-state index >= 15 is 0 Å². The van der Waals surface area contributed by atoms with Gasteiger partial charge in [-0.15, -0.1) is 0 Å². The van der Waals surface area contributed by atoms with Crippen LogP contribution >= 0.6 is 0 Å². The van der Waals surface area contributed by atoms with Crippen LogP contribution in [-0.2, 0) is 6.42 Å². The minimum absolute atomic E-state index is 0.0589. The summed E-state index contributed by atoms with van der Waals surface area (Å²) in [6.07, 6.45) is 0.471. The topological polar surface area (TPSA) is 86.6 Å². The number of carboxylic acids is 1. The SMILES string of the molecule is O=C(O)c1ccccc1C(=O)N[C@@H](CO)Cc1ccccc1. The van der Waals surface area contributed by atoms with Crippen LogP contribution in [0.25, 0.3) is 0 Å². The number of carbonyl (C=O) groups excluding carboxylic acids is 1. The molecule has 0 bridgehead atoms. The Balaban J connectivity index is 2.11. The molecule has 114 valence electrons. The van der Waals surface area contributed by atoms with Crippen molar-refractivity contribution < 1.29 is 19.8 Å². The fourth-order valence-corrected chi connectivity index (χ4v) is 2.19. The van der Waals surface area contributed by atoms with E-state index in [4.69, 9.17) is 5.11 Å². The van der Waals surface area contributed by atoms with Crippen molar-refractivity contribution in [3.8, 4) is 0 Å². The van der Waals surface area contributed by atoms with E-state index in [1.165, 1.54) is 12.1 Å². The Hall–Kier alpha value is -2.66. The molecule has 0 saturated carbocycles. The van der Waals surface area contributed by atoms with Crippen LogP contribution in [0.1, 0.15) is 26.3 Å². The van der Waals surface area contributed by atoms with Crippen molar-refractivity contribution in [2.45, 2.75) is 12.5 Å². The molecule has 0 unspecified atom stereocenters. The molecule has 0 aromatic heterocycles. The van der Waals surface area contributed by atoms with Gasteiger partial charge in [0.1, 0.15) is 0 Å². The summed E-state index contributed by atoms with van der Waals surface area (Å²) in [5, 5.41) is 21.2. The largest absolute Gasteiger partial charge is 0.478 e. The zero-order chi connectivity index (χ0) is 15.9.